The zero-order valence-electron chi connectivity index (χ0n) is 8.13. The zero-order chi connectivity index (χ0) is 10.3. The lowest BCUT2D eigenvalue weighted by Crippen LogP contribution is -2.17. The fraction of sp³-hybridized carbons (Fsp3) is 0.333. The molecule has 2 aromatic heterocycles. The maximum Gasteiger partial charge on any atom is 0.213 e. The highest BCUT2D eigenvalue weighted by molar-refractivity contribution is 5.01. The van der Waals surface area contributed by atoms with Crippen molar-refractivity contribution >= 4 is 0 Å². The summed E-state index contributed by atoms with van der Waals surface area (Å²) in [4.78, 5) is 11.8. The van der Waals surface area contributed by atoms with E-state index in [-0.39, 0.29) is 0 Å². The van der Waals surface area contributed by atoms with Crippen molar-refractivity contribution in [1.82, 2.24) is 25.4 Å². The molecule has 0 aromatic carbocycles. The number of hydrogen-bond acceptors (Lipinski definition) is 6. The lowest BCUT2D eigenvalue weighted by atomic mass is 10.3. The molecule has 0 aliphatic carbocycles. The van der Waals surface area contributed by atoms with Crippen LogP contribution in [0.4, 0.5) is 0 Å². The van der Waals surface area contributed by atoms with Crippen molar-refractivity contribution in [2.45, 2.75) is 13.0 Å². The zero-order valence-corrected chi connectivity index (χ0v) is 8.13. The van der Waals surface area contributed by atoms with Crippen molar-refractivity contribution in [3.05, 3.63) is 36.5 Å². The summed E-state index contributed by atoms with van der Waals surface area (Å²) in [6.45, 7) is 1.55. The van der Waals surface area contributed by atoms with E-state index in [1.807, 2.05) is 0 Å². The second kappa shape index (κ2) is 5.16. The van der Waals surface area contributed by atoms with E-state index in [9.17, 15) is 0 Å². The molecule has 0 amide bonds. The number of hydrogen-bond donors (Lipinski definition) is 1. The van der Waals surface area contributed by atoms with Crippen molar-refractivity contribution in [3.8, 4) is 0 Å². The van der Waals surface area contributed by atoms with Crippen LogP contribution in [0.15, 0.2) is 29.6 Å². The molecule has 0 bridgehead atoms. The molecular formula is C9H11N5O. The lowest BCUT2D eigenvalue weighted by Gasteiger charge is -2.01. The van der Waals surface area contributed by atoms with Crippen molar-refractivity contribution < 1.29 is 4.52 Å². The highest BCUT2D eigenvalue weighted by atomic mass is 16.5. The maximum absolute atomic E-state index is 4.62. The first-order valence-electron chi connectivity index (χ1n) is 4.65. The molecule has 78 valence electrons. The first kappa shape index (κ1) is 9.72. The average molecular weight is 205 g/mol. The van der Waals surface area contributed by atoms with Crippen molar-refractivity contribution in [2.24, 2.45) is 0 Å². The molecule has 0 radical (unpaired) electrons. The molecule has 1 N–H and O–H groups in total. The second-order valence-corrected chi connectivity index (χ2v) is 3.02. The predicted octanol–water partition coefficient (Wildman–Crippen LogP) is 0.192. The Bertz CT molecular complexity index is 375. The van der Waals surface area contributed by atoms with Gasteiger partial charge in [0, 0.05) is 37.5 Å². The van der Waals surface area contributed by atoms with Crippen LogP contribution in [-0.2, 0) is 13.0 Å². The highest BCUT2D eigenvalue weighted by Crippen LogP contribution is 1.92. The Hall–Kier alpha value is -1.82. The van der Waals surface area contributed by atoms with Gasteiger partial charge in [0.2, 0.25) is 6.39 Å². The molecule has 0 unspecified atom stereocenters. The van der Waals surface area contributed by atoms with E-state index in [4.69, 9.17) is 0 Å². The Morgan fingerprint density at radius 2 is 2.13 bits per heavy atom. The van der Waals surface area contributed by atoms with Gasteiger partial charge in [-0.25, -0.2) is 9.97 Å². The van der Waals surface area contributed by atoms with E-state index in [0.29, 0.717) is 5.82 Å². The molecular weight excluding hydrogens is 194 g/mol. The van der Waals surface area contributed by atoms with Crippen LogP contribution < -0.4 is 5.32 Å². The summed E-state index contributed by atoms with van der Waals surface area (Å²) < 4.78 is 4.62. The van der Waals surface area contributed by atoms with Gasteiger partial charge in [-0.2, -0.15) is 4.98 Å². The minimum Gasteiger partial charge on any atom is -0.343 e. The van der Waals surface area contributed by atoms with Crippen LogP contribution in [0.2, 0.25) is 0 Å². The monoisotopic (exact) mass is 205 g/mol. The number of nitrogens with zero attached hydrogens (tertiary/aromatic N) is 4. The predicted molar refractivity (Wildman–Crippen MR) is 51.7 cm³/mol. The number of rotatable bonds is 5. The SMILES string of the molecule is c1ncc(CNCCc2ncon2)cn1. The van der Waals surface area contributed by atoms with Crippen molar-refractivity contribution in [2.75, 3.05) is 6.54 Å². The van der Waals surface area contributed by atoms with Gasteiger partial charge in [-0.05, 0) is 0 Å². The molecule has 0 saturated heterocycles. The second-order valence-electron chi connectivity index (χ2n) is 3.02. The van der Waals surface area contributed by atoms with Gasteiger partial charge in [0.15, 0.2) is 5.82 Å². The van der Waals surface area contributed by atoms with Gasteiger partial charge >= 0.3 is 0 Å². The summed E-state index contributed by atoms with van der Waals surface area (Å²) in [6.07, 6.45) is 7.18. The first-order valence-corrected chi connectivity index (χ1v) is 4.65. The third kappa shape index (κ3) is 3.10. The van der Waals surface area contributed by atoms with Crippen LogP contribution in [0.5, 0.6) is 0 Å². The quantitative estimate of drug-likeness (QED) is 0.702. The minimum absolute atomic E-state index is 0.715. The van der Waals surface area contributed by atoms with Crippen molar-refractivity contribution in [3.63, 3.8) is 0 Å². The third-order valence-corrected chi connectivity index (χ3v) is 1.88. The summed E-state index contributed by atoms with van der Waals surface area (Å²) in [7, 11) is 0. The third-order valence-electron chi connectivity index (χ3n) is 1.88. The van der Waals surface area contributed by atoms with E-state index in [1.54, 1.807) is 12.4 Å². The fourth-order valence-corrected chi connectivity index (χ4v) is 1.16. The van der Waals surface area contributed by atoms with E-state index in [1.165, 1.54) is 12.7 Å². The topological polar surface area (TPSA) is 76.7 Å². The van der Waals surface area contributed by atoms with Crippen LogP contribution >= 0.6 is 0 Å². The molecule has 2 aromatic rings. The largest absolute Gasteiger partial charge is 0.343 e. The first-order chi connectivity index (χ1) is 7.45. The Labute approximate surface area is 86.8 Å². The van der Waals surface area contributed by atoms with Crippen LogP contribution in [0.1, 0.15) is 11.4 Å². The summed E-state index contributed by atoms with van der Waals surface area (Å²) in [5, 5.41) is 6.95. The smallest absolute Gasteiger partial charge is 0.213 e. The van der Waals surface area contributed by atoms with Gasteiger partial charge in [-0.1, -0.05) is 5.16 Å². The van der Waals surface area contributed by atoms with E-state index in [2.05, 4.69) is 29.9 Å². The van der Waals surface area contributed by atoms with Gasteiger partial charge in [-0.3, -0.25) is 0 Å². The van der Waals surface area contributed by atoms with Gasteiger partial charge in [0.25, 0.3) is 0 Å². The standard InChI is InChI=1S/C9H11N5O/c1(9-13-7-15-14-9)2-10-3-8-4-11-6-12-5-8/h4-7,10H,1-3H2. The summed E-state index contributed by atoms with van der Waals surface area (Å²) >= 11 is 0. The molecule has 6 heteroatoms. The Morgan fingerprint density at radius 3 is 2.87 bits per heavy atom. The molecule has 0 aliphatic heterocycles. The fourth-order valence-electron chi connectivity index (χ4n) is 1.16. The van der Waals surface area contributed by atoms with Crippen LogP contribution in [0.25, 0.3) is 0 Å². The van der Waals surface area contributed by atoms with Crippen LogP contribution in [0, 0.1) is 0 Å². The van der Waals surface area contributed by atoms with Gasteiger partial charge in [0.05, 0.1) is 0 Å². The Balaban J connectivity index is 1.68. The Kier molecular flexibility index (Phi) is 3.34. The molecule has 2 rings (SSSR count). The van der Waals surface area contributed by atoms with Crippen molar-refractivity contribution in [1.29, 1.82) is 0 Å². The average Bonchev–Trinajstić information content (AvgIpc) is 2.79. The molecule has 6 nitrogen and oxygen atoms in total. The molecule has 15 heavy (non-hydrogen) atoms. The normalized spacial score (nSPS) is 10.4. The Morgan fingerprint density at radius 1 is 1.27 bits per heavy atom. The molecule has 2 heterocycles. The van der Waals surface area contributed by atoms with Gasteiger partial charge in [0.1, 0.15) is 6.33 Å². The molecule has 0 spiro atoms. The van der Waals surface area contributed by atoms with E-state index >= 15 is 0 Å². The molecule has 0 atom stereocenters. The molecule has 0 aliphatic rings. The van der Waals surface area contributed by atoms with Crippen LogP contribution in [-0.4, -0.2) is 26.7 Å². The van der Waals surface area contributed by atoms with Gasteiger partial charge < -0.3 is 9.84 Å². The summed E-state index contributed by atoms with van der Waals surface area (Å²) in [5.41, 5.74) is 1.06. The summed E-state index contributed by atoms with van der Waals surface area (Å²) in [6, 6.07) is 0. The van der Waals surface area contributed by atoms with Gasteiger partial charge in [-0.15, -0.1) is 0 Å². The number of nitrogens with one attached hydrogen (secondary N) is 1. The maximum atomic E-state index is 4.62. The van der Waals surface area contributed by atoms with E-state index in [0.717, 1.165) is 25.1 Å². The molecule has 0 fully saturated rings. The highest BCUT2D eigenvalue weighted by Gasteiger charge is 1.97. The summed E-state index contributed by atoms with van der Waals surface area (Å²) in [5.74, 6) is 0.715. The van der Waals surface area contributed by atoms with Crippen LogP contribution in [0.3, 0.4) is 0 Å². The lowest BCUT2D eigenvalue weighted by molar-refractivity contribution is 0.409. The molecule has 0 saturated carbocycles. The minimum atomic E-state index is 0.715. The number of aromatic nitrogens is 4. The van der Waals surface area contributed by atoms with E-state index < -0.39 is 0 Å².